The fourth-order valence-corrected chi connectivity index (χ4v) is 0.773. The van der Waals surface area contributed by atoms with Crippen molar-refractivity contribution in [3.8, 4) is 0 Å². The van der Waals surface area contributed by atoms with Gasteiger partial charge in [0.05, 0.1) is 6.10 Å². The summed E-state index contributed by atoms with van der Waals surface area (Å²) in [5.74, 6) is -6.68. The van der Waals surface area contributed by atoms with E-state index in [9.17, 15) is 22.4 Å². The van der Waals surface area contributed by atoms with E-state index in [1.54, 1.807) is 12.2 Å². The molecule has 0 fully saturated rings. The zero-order chi connectivity index (χ0) is 12.1. The molecule has 0 bridgehead atoms. The monoisotopic (exact) mass is 231 g/mol. The molecule has 0 aliphatic heterocycles. The Kier molecular flexibility index (Phi) is 5.56. The highest BCUT2D eigenvalue weighted by atomic mass is 19.3. The molecule has 0 aliphatic rings. The van der Waals surface area contributed by atoms with Gasteiger partial charge < -0.3 is 10.4 Å². The molecule has 0 radical (unpaired) electrons. The molecule has 0 aromatic carbocycles. The Bertz CT molecular complexity index is 211. The second kappa shape index (κ2) is 5.89. The minimum Gasteiger partial charge on any atom is -0.393 e. The van der Waals surface area contributed by atoms with Crippen LogP contribution in [0.4, 0.5) is 17.6 Å². The van der Waals surface area contributed by atoms with E-state index in [-0.39, 0.29) is 13.0 Å². The zero-order valence-corrected chi connectivity index (χ0v) is 8.14. The average molecular weight is 231 g/mol. The first kappa shape index (κ1) is 14.2. The number of aliphatic hydroxyl groups excluding tert-OH is 1. The first-order valence-electron chi connectivity index (χ1n) is 4.44. The summed E-state index contributed by atoms with van der Waals surface area (Å²) < 4.78 is 48.0. The van der Waals surface area contributed by atoms with E-state index in [1.165, 1.54) is 0 Å². The van der Waals surface area contributed by atoms with E-state index < -0.39 is 24.4 Å². The summed E-state index contributed by atoms with van der Waals surface area (Å²) in [6.45, 7) is 1.41. The van der Waals surface area contributed by atoms with Crippen LogP contribution in [0.25, 0.3) is 0 Å². The van der Waals surface area contributed by atoms with Crippen LogP contribution in [0.1, 0.15) is 19.8 Å². The van der Waals surface area contributed by atoms with Crippen molar-refractivity contribution in [1.82, 2.24) is 5.32 Å². The SMILES string of the molecule is CCC(O)CCNC(=O)C(F)(F)C(F)F. The van der Waals surface area contributed by atoms with Gasteiger partial charge in [-0.3, -0.25) is 4.79 Å². The Morgan fingerprint density at radius 1 is 1.47 bits per heavy atom. The standard InChI is InChI=1S/C8H13F4NO2/c1-2-5(14)3-4-13-7(15)8(11,12)6(9)10/h5-6,14H,2-4H2,1H3,(H,13,15). The number of amides is 1. The van der Waals surface area contributed by atoms with Gasteiger partial charge in [-0.15, -0.1) is 0 Å². The van der Waals surface area contributed by atoms with Gasteiger partial charge in [-0.05, 0) is 12.8 Å². The molecular formula is C8H13F4NO2. The molecule has 3 nitrogen and oxygen atoms in total. The van der Waals surface area contributed by atoms with Crippen LogP contribution in [0.15, 0.2) is 0 Å². The van der Waals surface area contributed by atoms with E-state index in [4.69, 9.17) is 5.11 Å². The number of aliphatic hydroxyl groups is 1. The van der Waals surface area contributed by atoms with Crippen LogP contribution < -0.4 is 5.32 Å². The molecule has 0 aliphatic carbocycles. The van der Waals surface area contributed by atoms with E-state index in [0.717, 1.165) is 0 Å². The van der Waals surface area contributed by atoms with E-state index in [1.807, 2.05) is 0 Å². The Hall–Kier alpha value is -0.850. The van der Waals surface area contributed by atoms with Crippen LogP contribution in [0, 0.1) is 0 Å². The highest BCUT2D eigenvalue weighted by Gasteiger charge is 2.48. The normalized spacial score (nSPS) is 14.1. The lowest BCUT2D eigenvalue weighted by atomic mass is 10.2. The third-order valence-electron chi connectivity index (χ3n) is 1.81. The molecule has 90 valence electrons. The maximum absolute atomic E-state index is 12.3. The van der Waals surface area contributed by atoms with Crippen molar-refractivity contribution in [2.75, 3.05) is 6.54 Å². The van der Waals surface area contributed by atoms with Crippen molar-refractivity contribution in [2.24, 2.45) is 0 Å². The molecule has 1 unspecified atom stereocenters. The third kappa shape index (κ3) is 4.46. The predicted molar refractivity (Wildman–Crippen MR) is 44.9 cm³/mol. The molecule has 0 heterocycles. The number of carbonyl (C=O) groups is 1. The van der Waals surface area contributed by atoms with Gasteiger partial charge in [0.1, 0.15) is 0 Å². The molecule has 0 saturated carbocycles. The third-order valence-corrected chi connectivity index (χ3v) is 1.81. The lowest BCUT2D eigenvalue weighted by Crippen LogP contribution is -2.45. The molecule has 1 atom stereocenters. The van der Waals surface area contributed by atoms with Crippen molar-refractivity contribution < 1.29 is 27.5 Å². The predicted octanol–water partition coefficient (Wildman–Crippen LogP) is 1.16. The smallest absolute Gasteiger partial charge is 0.383 e. The van der Waals surface area contributed by atoms with Crippen LogP contribution in [0.5, 0.6) is 0 Å². The average Bonchev–Trinajstić information content (AvgIpc) is 2.16. The molecule has 0 spiro atoms. The van der Waals surface area contributed by atoms with Crippen molar-refractivity contribution >= 4 is 5.91 Å². The maximum Gasteiger partial charge on any atom is 0.383 e. The summed E-state index contributed by atoms with van der Waals surface area (Å²) in [6.07, 6.45) is -4.29. The van der Waals surface area contributed by atoms with E-state index in [2.05, 4.69) is 0 Å². The topological polar surface area (TPSA) is 49.3 Å². The Balaban J connectivity index is 3.94. The van der Waals surface area contributed by atoms with Gasteiger partial charge >= 0.3 is 12.3 Å². The Labute approximate surface area is 84.5 Å². The number of rotatable bonds is 6. The summed E-state index contributed by atoms with van der Waals surface area (Å²) in [7, 11) is 0. The van der Waals surface area contributed by atoms with Crippen molar-refractivity contribution in [3.63, 3.8) is 0 Å². The van der Waals surface area contributed by atoms with E-state index in [0.29, 0.717) is 6.42 Å². The Morgan fingerprint density at radius 3 is 2.40 bits per heavy atom. The quantitative estimate of drug-likeness (QED) is 0.674. The van der Waals surface area contributed by atoms with Crippen LogP contribution in [-0.4, -0.2) is 36.0 Å². The largest absolute Gasteiger partial charge is 0.393 e. The molecule has 7 heteroatoms. The number of alkyl halides is 4. The van der Waals surface area contributed by atoms with Crippen LogP contribution in [0.2, 0.25) is 0 Å². The summed E-state index contributed by atoms with van der Waals surface area (Å²) >= 11 is 0. The molecule has 0 rings (SSSR count). The molecule has 0 aromatic rings. The number of hydrogen-bond donors (Lipinski definition) is 2. The highest BCUT2D eigenvalue weighted by Crippen LogP contribution is 2.22. The molecule has 2 N–H and O–H groups in total. The lowest BCUT2D eigenvalue weighted by molar-refractivity contribution is -0.169. The van der Waals surface area contributed by atoms with Crippen LogP contribution >= 0.6 is 0 Å². The van der Waals surface area contributed by atoms with Gasteiger partial charge in [-0.2, -0.15) is 8.78 Å². The van der Waals surface area contributed by atoms with Crippen LogP contribution in [0.3, 0.4) is 0 Å². The number of carbonyl (C=O) groups excluding carboxylic acids is 1. The summed E-state index contributed by atoms with van der Waals surface area (Å²) in [4.78, 5) is 10.6. The fourth-order valence-electron chi connectivity index (χ4n) is 0.773. The maximum atomic E-state index is 12.3. The first-order chi connectivity index (χ1) is 6.82. The molecule has 0 aromatic heterocycles. The number of hydrogen-bond acceptors (Lipinski definition) is 2. The van der Waals surface area contributed by atoms with Gasteiger partial charge in [-0.1, -0.05) is 6.92 Å². The van der Waals surface area contributed by atoms with Gasteiger partial charge in [0.2, 0.25) is 0 Å². The van der Waals surface area contributed by atoms with E-state index >= 15 is 0 Å². The Morgan fingerprint density at radius 2 is 2.00 bits per heavy atom. The zero-order valence-electron chi connectivity index (χ0n) is 8.14. The van der Waals surface area contributed by atoms with Crippen LogP contribution in [-0.2, 0) is 4.79 Å². The second-order valence-electron chi connectivity index (χ2n) is 3.03. The molecule has 1 amide bonds. The van der Waals surface area contributed by atoms with Crippen molar-refractivity contribution in [2.45, 2.75) is 38.2 Å². The second-order valence-corrected chi connectivity index (χ2v) is 3.03. The number of nitrogens with one attached hydrogen (secondary N) is 1. The van der Waals surface area contributed by atoms with Gasteiger partial charge in [0, 0.05) is 6.54 Å². The molecular weight excluding hydrogens is 218 g/mol. The lowest BCUT2D eigenvalue weighted by Gasteiger charge is -2.15. The number of halogens is 4. The van der Waals surface area contributed by atoms with Gasteiger partial charge in [0.15, 0.2) is 0 Å². The molecule has 0 saturated heterocycles. The van der Waals surface area contributed by atoms with Gasteiger partial charge in [0.25, 0.3) is 5.91 Å². The fraction of sp³-hybridized carbons (Fsp3) is 0.875. The molecule has 15 heavy (non-hydrogen) atoms. The summed E-state index contributed by atoms with van der Waals surface area (Å²) in [5, 5.41) is 10.6. The van der Waals surface area contributed by atoms with Crippen molar-refractivity contribution in [3.05, 3.63) is 0 Å². The summed E-state index contributed by atoms with van der Waals surface area (Å²) in [6, 6.07) is 0. The summed E-state index contributed by atoms with van der Waals surface area (Å²) in [5.41, 5.74) is 0. The minimum absolute atomic E-state index is 0.0571. The van der Waals surface area contributed by atoms with Gasteiger partial charge in [-0.25, -0.2) is 8.78 Å². The minimum atomic E-state index is -4.67. The highest BCUT2D eigenvalue weighted by molar-refractivity contribution is 5.83. The van der Waals surface area contributed by atoms with Crippen molar-refractivity contribution in [1.29, 1.82) is 0 Å². The first-order valence-corrected chi connectivity index (χ1v) is 4.44.